The number of nitro benzene ring substituents is 1. The second-order valence-corrected chi connectivity index (χ2v) is 7.01. The summed E-state index contributed by atoms with van der Waals surface area (Å²) < 4.78 is 27.8. The van der Waals surface area contributed by atoms with Gasteiger partial charge in [0, 0.05) is 18.2 Å². The van der Waals surface area contributed by atoms with Gasteiger partial charge in [0.25, 0.3) is 5.69 Å². The summed E-state index contributed by atoms with van der Waals surface area (Å²) in [5, 5.41) is 14.1. The summed E-state index contributed by atoms with van der Waals surface area (Å²) >= 11 is 0. The fourth-order valence-electron chi connectivity index (χ4n) is 2.17. The van der Waals surface area contributed by atoms with Gasteiger partial charge >= 0.3 is 0 Å². The van der Waals surface area contributed by atoms with Crippen molar-refractivity contribution < 1.29 is 18.1 Å². The summed E-state index contributed by atoms with van der Waals surface area (Å²) in [6, 6.07) is 4.38. The molecule has 0 aliphatic carbocycles. The SMILES string of the molecule is COc1ccc([N+](=O)[O-])c(NC2CCS(=O)(=O)CC2)c1. The van der Waals surface area contributed by atoms with E-state index in [0.29, 0.717) is 24.3 Å². The van der Waals surface area contributed by atoms with Gasteiger partial charge in [0.05, 0.1) is 23.5 Å². The highest BCUT2D eigenvalue weighted by atomic mass is 32.2. The summed E-state index contributed by atoms with van der Waals surface area (Å²) in [6.45, 7) is 0. The van der Waals surface area contributed by atoms with Crippen molar-refractivity contribution in [2.75, 3.05) is 23.9 Å². The van der Waals surface area contributed by atoms with E-state index in [4.69, 9.17) is 4.74 Å². The number of methoxy groups -OCH3 is 1. The molecule has 1 fully saturated rings. The molecule has 1 N–H and O–H groups in total. The molecule has 7 nitrogen and oxygen atoms in total. The van der Waals surface area contributed by atoms with Crippen molar-refractivity contribution in [2.45, 2.75) is 18.9 Å². The van der Waals surface area contributed by atoms with Crippen LogP contribution in [0.3, 0.4) is 0 Å². The van der Waals surface area contributed by atoms with Gasteiger partial charge in [0.15, 0.2) is 0 Å². The van der Waals surface area contributed by atoms with Crippen molar-refractivity contribution in [1.82, 2.24) is 0 Å². The Labute approximate surface area is 117 Å². The Bertz CT molecular complexity index is 600. The van der Waals surface area contributed by atoms with Gasteiger partial charge in [0.1, 0.15) is 21.3 Å². The lowest BCUT2D eigenvalue weighted by Gasteiger charge is -2.24. The molecule has 110 valence electrons. The molecule has 0 spiro atoms. The number of ether oxygens (including phenoxy) is 1. The van der Waals surface area contributed by atoms with E-state index >= 15 is 0 Å². The van der Waals surface area contributed by atoms with Gasteiger partial charge in [0.2, 0.25) is 0 Å². The van der Waals surface area contributed by atoms with E-state index in [-0.39, 0.29) is 23.2 Å². The molecule has 1 heterocycles. The van der Waals surface area contributed by atoms with Crippen LogP contribution in [0.15, 0.2) is 18.2 Å². The van der Waals surface area contributed by atoms with Crippen LogP contribution in [0.4, 0.5) is 11.4 Å². The molecule has 0 radical (unpaired) electrons. The first kappa shape index (κ1) is 14.6. The Hall–Kier alpha value is -1.83. The Morgan fingerprint density at radius 2 is 2.00 bits per heavy atom. The quantitative estimate of drug-likeness (QED) is 0.669. The van der Waals surface area contributed by atoms with Crippen LogP contribution >= 0.6 is 0 Å². The molecule has 0 saturated carbocycles. The third-order valence-corrected chi connectivity index (χ3v) is 5.03. The predicted molar refractivity (Wildman–Crippen MR) is 74.9 cm³/mol. The van der Waals surface area contributed by atoms with E-state index in [1.807, 2.05) is 0 Å². The van der Waals surface area contributed by atoms with Crippen molar-refractivity contribution >= 4 is 21.2 Å². The largest absolute Gasteiger partial charge is 0.497 e. The van der Waals surface area contributed by atoms with E-state index in [1.54, 1.807) is 6.07 Å². The first-order valence-corrected chi connectivity index (χ1v) is 8.03. The molecule has 0 amide bonds. The Kier molecular flexibility index (Phi) is 4.12. The third-order valence-electron chi connectivity index (χ3n) is 3.31. The Morgan fingerprint density at radius 1 is 1.35 bits per heavy atom. The molecule has 1 aromatic rings. The van der Waals surface area contributed by atoms with Gasteiger partial charge in [-0.25, -0.2) is 8.42 Å². The van der Waals surface area contributed by atoms with Crippen molar-refractivity contribution in [3.05, 3.63) is 28.3 Å². The maximum Gasteiger partial charge on any atom is 0.292 e. The van der Waals surface area contributed by atoms with Gasteiger partial charge in [-0.15, -0.1) is 0 Å². The molecule has 1 aromatic carbocycles. The molecule has 0 atom stereocenters. The maximum absolute atomic E-state index is 11.4. The molecule has 20 heavy (non-hydrogen) atoms. The summed E-state index contributed by atoms with van der Waals surface area (Å²) in [4.78, 5) is 10.5. The van der Waals surface area contributed by atoms with Gasteiger partial charge in [-0.1, -0.05) is 0 Å². The van der Waals surface area contributed by atoms with Crippen molar-refractivity contribution in [1.29, 1.82) is 0 Å². The second kappa shape index (κ2) is 5.66. The van der Waals surface area contributed by atoms with Crippen LogP contribution in [0.5, 0.6) is 5.75 Å². The number of sulfone groups is 1. The lowest BCUT2D eigenvalue weighted by atomic mass is 10.1. The number of nitro groups is 1. The zero-order valence-corrected chi connectivity index (χ0v) is 11.9. The summed E-state index contributed by atoms with van der Waals surface area (Å²) in [5.41, 5.74) is 0.317. The van der Waals surface area contributed by atoms with Crippen LogP contribution in [-0.4, -0.2) is 38.0 Å². The van der Waals surface area contributed by atoms with Gasteiger partial charge in [-0.3, -0.25) is 10.1 Å². The normalized spacial score (nSPS) is 18.4. The zero-order valence-electron chi connectivity index (χ0n) is 11.0. The lowest BCUT2D eigenvalue weighted by Crippen LogP contribution is -2.32. The summed E-state index contributed by atoms with van der Waals surface area (Å²) in [6.07, 6.45) is 0.910. The molecule has 1 aliphatic heterocycles. The third kappa shape index (κ3) is 3.38. The Balaban J connectivity index is 2.17. The molecular formula is C12H16N2O5S. The van der Waals surface area contributed by atoms with E-state index in [2.05, 4.69) is 5.32 Å². The van der Waals surface area contributed by atoms with Gasteiger partial charge < -0.3 is 10.1 Å². The van der Waals surface area contributed by atoms with Crippen LogP contribution in [-0.2, 0) is 9.84 Å². The van der Waals surface area contributed by atoms with E-state index in [9.17, 15) is 18.5 Å². The highest BCUT2D eigenvalue weighted by Crippen LogP contribution is 2.30. The molecule has 2 rings (SSSR count). The van der Waals surface area contributed by atoms with Crippen LogP contribution in [0.1, 0.15) is 12.8 Å². The van der Waals surface area contributed by atoms with Crippen molar-refractivity contribution in [2.24, 2.45) is 0 Å². The molecule has 1 aliphatic rings. The van der Waals surface area contributed by atoms with Crippen molar-refractivity contribution in [3.8, 4) is 5.75 Å². The predicted octanol–water partition coefficient (Wildman–Crippen LogP) is 1.59. The number of hydrogen-bond acceptors (Lipinski definition) is 6. The topological polar surface area (TPSA) is 98.5 Å². The Morgan fingerprint density at radius 3 is 2.55 bits per heavy atom. The van der Waals surface area contributed by atoms with Gasteiger partial charge in [-0.05, 0) is 18.9 Å². The molecule has 0 unspecified atom stereocenters. The fourth-order valence-corrected chi connectivity index (χ4v) is 3.66. The van der Waals surface area contributed by atoms with Crippen molar-refractivity contribution in [3.63, 3.8) is 0 Å². The van der Waals surface area contributed by atoms with E-state index in [0.717, 1.165) is 0 Å². The average Bonchev–Trinajstić information content (AvgIpc) is 2.40. The molecule has 1 saturated heterocycles. The van der Waals surface area contributed by atoms with E-state index < -0.39 is 14.8 Å². The number of anilines is 1. The average molecular weight is 300 g/mol. The fraction of sp³-hybridized carbons (Fsp3) is 0.500. The number of hydrogen-bond donors (Lipinski definition) is 1. The van der Waals surface area contributed by atoms with Crippen LogP contribution in [0.25, 0.3) is 0 Å². The molecule has 8 heteroatoms. The van der Waals surface area contributed by atoms with E-state index in [1.165, 1.54) is 19.2 Å². The minimum atomic E-state index is -2.95. The summed E-state index contributed by atoms with van der Waals surface area (Å²) in [5.74, 6) is 0.742. The number of benzene rings is 1. The lowest BCUT2D eigenvalue weighted by molar-refractivity contribution is -0.384. The summed E-state index contributed by atoms with van der Waals surface area (Å²) in [7, 11) is -1.46. The number of rotatable bonds is 4. The highest BCUT2D eigenvalue weighted by Gasteiger charge is 2.25. The molecule has 0 bridgehead atoms. The first-order chi connectivity index (χ1) is 9.41. The zero-order chi connectivity index (χ0) is 14.8. The second-order valence-electron chi connectivity index (χ2n) is 4.71. The molecule has 0 aromatic heterocycles. The minimum Gasteiger partial charge on any atom is -0.497 e. The van der Waals surface area contributed by atoms with Crippen LogP contribution < -0.4 is 10.1 Å². The number of nitrogens with zero attached hydrogens (tertiary/aromatic N) is 1. The minimum absolute atomic E-state index is 0.0424. The first-order valence-electron chi connectivity index (χ1n) is 6.21. The van der Waals surface area contributed by atoms with Crippen LogP contribution in [0.2, 0.25) is 0 Å². The number of nitrogens with one attached hydrogen (secondary N) is 1. The van der Waals surface area contributed by atoms with Gasteiger partial charge in [-0.2, -0.15) is 0 Å². The van der Waals surface area contributed by atoms with Crippen LogP contribution in [0, 0.1) is 10.1 Å². The maximum atomic E-state index is 11.4. The highest BCUT2D eigenvalue weighted by molar-refractivity contribution is 7.91. The smallest absolute Gasteiger partial charge is 0.292 e. The monoisotopic (exact) mass is 300 g/mol. The molecular weight excluding hydrogens is 284 g/mol. The standard InChI is InChI=1S/C12H16N2O5S/c1-19-10-2-3-12(14(15)16)11(8-10)13-9-4-6-20(17,18)7-5-9/h2-3,8-9,13H,4-7H2,1H3.